The summed E-state index contributed by atoms with van der Waals surface area (Å²) in [5, 5.41) is 18.0. The Morgan fingerprint density at radius 3 is 2.76 bits per heavy atom. The molecule has 5 nitrogen and oxygen atoms in total. The molecule has 1 aromatic rings. The van der Waals surface area contributed by atoms with Crippen molar-refractivity contribution in [3.05, 3.63) is 23.8 Å². The van der Waals surface area contributed by atoms with Gasteiger partial charge < -0.3 is 19.8 Å². The van der Waals surface area contributed by atoms with Gasteiger partial charge in [-0.25, -0.2) is 0 Å². The third-order valence-electron chi connectivity index (χ3n) is 2.40. The van der Waals surface area contributed by atoms with Crippen LogP contribution < -0.4 is 4.74 Å². The van der Waals surface area contributed by atoms with E-state index in [2.05, 4.69) is 0 Å². The zero-order valence-corrected chi connectivity index (χ0v) is 10.0. The first kappa shape index (κ1) is 13.3. The SMILES string of the molecule is COc1cc(CN(C)CCC(=O)O)ccc1O. The number of carboxylic acids is 1. The Morgan fingerprint density at radius 1 is 1.47 bits per heavy atom. The van der Waals surface area contributed by atoms with Gasteiger partial charge in [0.25, 0.3) is 0 Å². The lowest BCUT2D eigenvalue weighted by Gasteiger charge is -2.16. The number of hydrogen-bond acceptors (Lipinski definition) is 4. The van der Waals surface area contributed by atoms with Crippen molar-refractivity contribution in [1.29, 1.82) is 0 Å². The van der Waals surface area contributed by atoms with E-state index < -0.39 is 5.97 Å². The molecular formula is C12H17NO4. The van der Waals surface area contributed by atoms with E-state index >= 15 is 0 Å². The predicted molar refractivity (Wildman–Crippen MR) is 63.2 cm³/mol. The summed E-state index contributed by atoms with van der Waals surface area (Å²) in [7, 11) is 3.34. The molecule has 0 fully saturated rings. The number of phenolic OH excluding ortho intramolecular Hbond substituents is 1. The monoisotopic (exact) mass is 239 g/mol. The van der Waals surface area contributed by atoms with Crippen molar-refractivity contribution in [2.45, 2.75) is 13.0 Å². The van der Waals surface area contributed by atoms with Crippen molar-refractivity contribution < 1.29 is 19.7 Å². The normalized spacial score (nSPS) is 10.5. The van der Waals surface area contributed by atoms with Crippen LogP contribution in [0, 0.1) is 0 Å². The molecule has 0 aliphatic carbocycles. The van der Waals surface area contributed by atoms with Crippen LogP contribution in [-0.4, -0.2) is 41.8 Å². The Morgan fingerprint density at radius 2 is 2.18 bits per heavy atom. The number of phenols is 1. The van der Waals surface area contributed by atoms with Crippen LogP contribution in [0.1, 0.15) is 12.0 Å². The highest BCUT2D eigenvalue weighted by Gasteiger charge is 2.06. The van der Waals surface area contributed by atoms with Crippen LogP contribution in [0.25, 0.3) is 0 Å². The maximum atomic E-state index is 10.4. The molecule has 0 saturated carbocycles. The molecule has 17 heavy (non-hydrogen) atoms. The maximum Gasteiger partial charge on any atom is 0.304 e. The molecular weight excluding hydrogens is 222 g/mol. The number of methoxy groups -OCH3 is 1. The molecule has 0 amide bonds. The second-order valence-electron chi connectivity index (χ2n) is 3.89. The van der Waals surface area contributed by atoms with E-state index in [0.717, 1.165) is 5.56 Å². The molecule has 0 radical (unpaired) electrons. The number of carboxylic acid groups (broad SMARTS) is 1. The van der Waals surface area contributed by atoms with Crippen LogP contribution in [-0.2, 0) is 11.3 Å². The topological polar surface area (TPSA) is 70.0 Å². The van der Waals surface area contributed by atoms with Gasteiger partial charge in [0.15, 0.2) is 11.5 Å². The van der Waals surface area contributed by atoms with Gasteiger partial charge in [0.05, 0.1) is 13.5 Å². The molecule has 0 aliphatic rings. The van der Waals surface area contributed by atoms with Crippen LogP contribution in [0.15, 0.2) is 18.2 Å². The fourth-order valence-electron chi connectivity index (χ4n) is 1.50. The second kappa shape index (κ2) is 6.10. The van der Waals surface area contributed by atoms with E-state index in [0.29, 0.717) is 18.8 Å². The van der Waals surface area contributed by atoms with Crippen molar-refractivity contribution in [3.63, 3.8) is 0 Å². The number of rotatable bonds is 6. The molecule has 1 aromatic carbocycles. The minimum absolute atomic E-state index is 0.101. The number of carbonyl (C=O) groups is 1. The van der Waals surface area contributed by atoms with Crippen LogP contribution in [0.4, 0.5) is 0 Å². The number of aliphatic carboxylic acids is 1. The zero-order valence-electron chi connectivity index (χ0n) is 10.0. The van der Waals surface area contributed by atoms with Crippen molar-refractivity contribution in [2.75, 3.05) is 20.7 Å². The fraction of sp³-hybridized carbons (Fsp3) is 0.417. The molecule has 1 rings (SSSR count). The van der Waals surface area contributed by atoms with Gasteiger partial charge in [0.1, 0.15) is 0 Å². The van der Waals surface area contributed by atoms with E-state index in [1.807, 2.05) is 11.9 Å². The van der Waals surface area contributed by atoms with Crippen LogP contribution in [0.2, 0.25) is 0 Å². The molecule has 0 bridgehead atoms. The van der Waals surface area contributed by atoms with Gasteiger partial charge in [0.2, 0.25) is 0 Å². The number of ether oxygens (including phenoxy) is 1. The van der Waals surface area contributed by atoms with E-state index in [4.69, 9.17) is 9.84 Å². The average molecular weight is 239 g/mol. The average Bonchev–Trinajstić information content (AvgIpc) is 2.29. The smallest absolute Gasteiger partial charge is 0.304 e. The molecule has 0 atom stereocenters. The van der Waals surface area contributed by atoms with Crippen molar-refractivity contribution in [3.8, 4) is 11.5 Å². The summed E-state index contributed by atoms with van der Waals surface area (Å²) >= 11 is 0. The standard InChI is InChI=1S/C12H17NO4/c1-13(6-5-12(15)16)8-9-3-4-10(14)11(7-9)17-2/h3-4,7,14H,5-6,8H2,1-2H3,(H,15,16). The van der Waals surface area contributed by atoms with Gasteiger partial charge in [-0.2, -0.15) is 0 Å². The van der Waals surface area contributed by atoms with Crippen molar-refractivity contribution in [1.82, 2.24) is 4.90 Å². The first-order valence-electron chi connectivity index (χ1n) is 5.29. The Kier molecular flexibility index (Phi) is 4.78. The quantitative estimate of drug-likeness (QED) is 0.783. The molecule has 0 saturated heterocycles. The zero-order chi connectivity index (χ0) is 12.8. The molecule has 0 spiro atoms. The molecule has 2 N–H and O–H groups in total. The number of nitrogens with zero attached hydrogens (tertiary/aromatic N) is 1. The lowest BCUT2D eigenvalue weighted by molar-refractivity contribution is -0.137. The first-order valence-corrected chi connectivity index (χ1v) is 5.29. The highest BCUT2D eigenvalue weighted by molar-refractivity contribution is 5.66. The summed E-state index contributed by atoms with van der Waals surface area (Å²) in [5.74, 6) is -0.279. The Labute approximate surface area is 100 Å². The Hall–Kier alpha value is -1.75. The second-order valence-corrected chi connectivity index (χ2v) is 3.89. The van der Waals surface area contributed by atoms with E-state index in [-0.39, 0.29) is 12.2 Å². The minimum Gasteiger partial charge on any atom is -0.504 e. The summed E-state index contributed by atoms with van der Waals surface area (Å²) < 4.78 is 5.00. The van der Waals surface area contributed by atoms with Gasteiger partial charge in [-0.05, 0) is 24.7 Å². The molecule has 0 heterocycles. The number of hydrogen-bond donors (Lipinski definition) is 2. The third kappa shape index (κ3) is 4.32. The van der Waals surface area contributed by atoms with Crippen LogP contribution in [0.5, 0.6) is 11.5 Å². The Balaban J connectivity index is 2.59. The summed E-state index contributed by atoms with van der Waals surface area (Å²) in [6.07, 6.45) is 0.117. The molecule has 0 aromatic heterocycles. The van der Waals surface area contributed by atoms with Crippen molar-refractivity contribution >= 4 is 5.97 Å². The highest BCUT2D eigenvalue weighted by Crippen LogP contribution is 2.26. The van der Waals surface area contributed by atoms with Gasteiger partial charge in [-0.3, -0.25) is 4.79 Å². The minimum atomic E-state index is -0.805. The summed E-state index contributed by atoms with van der Waals surface area (Å²) in [4.78, 5) is 12.3. The fourth-order valence-corrected chi connectivity index (χ4v) is 1.50. The summed E-state index contributed by atoms with van der Waals surface area (Å²) in [6, 6.07) is 5.10. The van der Waals surface area contributed by atoms with Gasteiger partial charge in [0, 0.05) is 13.1 Å². The number of benzene rings is 1. The number of aromatic hydroxyl groups is 1. The summed E-state index contributed by atoms with van der Waals surface area (Å²) in [6.45, 7) is 1.10. The lowest BCUT2D eigenvalue weighted by Crippen LogP contribution is -2.21. The lowest BCUT2D eigenvalue weighted by atomic mass is 10.2. The molecule has 94 valence electrons. The Bertz CT molecular complexity index is 392. The van der Waals surface area contributed by atoms with E-state index in [9.17, 15) is 9.90 Å². The molecule has 0 aliphatic heterocycles. The van der Waals surface area contributed by atoms with E-state index in [1.165, 1.54) is 7.11 Å². The maximum absolute atomic E-state index is 10.4. The van der Waals surface area contributed by atoms with Gasteiger partial charge in [-0.1, -0.05) is 6.07 Å². The summed E-state index contributed by atoms with van der Waals surface area (Å²) in [5.41, 5.74) is 0.965. The van der Waals surface area contributed by atoms with Crippen LogP contribution >= 0.6 is 0 Å². The largest absolute Gasteiger partial charge is 0.504 e. The van der Waals surface area contributed by atoms with Crippen LogP contribution in [0.3, 0.4) is 0 Å². The predicted octanol–water partition coefficient (Wildman–Crippen LogP) is 1.31. The van der Waals surface area contributed by atoms with Crippen molar-refractivity contribution in [2.24, 2.45) is 0 Å². The third-order valence-corrected chi connectivity index (χ3v) is 2.40. The van der Waals surface area contributed by atoms with E-state index in [1.54, 1.807) is 18.2 Å². The van der Waals surface area contributed by atoms with Gasteiger partial charge in [-0.15, -0.1) is 0 Å². The molecule has 0 unspecified atom stereocenters. The van der Waals surface area contributed by atoms with Gasteiger partial charge >= 0.3 is 5.97 Å². The first-order chi connectivity index (χ1) is 8.02. The molecule has 5 heteroatoms. The highest BCUT2D eigenvalue weighted by atomic mass is 16.5.